The maximum absolute atomic E-state index is 12.6. The average Bonchev–Trinajstić information content (AvgIpc) is 2.72. The van der Waals surface area contributed by atoms with E-state index in [4.69, 9.17) is 4.84 Å². The van der Waals surface area contributed by atoms with Gasteiger partial charge < -0.3 is 0 Å². The van der Waals surface area contributed by atoms with Crippen LogP contribution in [-0.4, -0.2) is 17.5 Å². The van der Waals surface area contributed by atoms with Crippen molar-refractivity contribution in [3.05, 3.63) is 28.3 Å². The fraction of sp³-hybridized carbons (Fsp3) is 0.333. The van der Waals surface area contributed by atoms with Crippen molar-refractivity contribution in [2.75, 3.05) is 6.61 Å². The molecule has 0 atom stereocenters. The van der Waals surface area contributed by atoms with Crippen LogP contribution in [0.2, 0.25) is 0 Å². The van der Waals surface area contributed by atoms with Gasteiger partial charge in [0.1, 0.15) is 10.5 Å². The van der Waals surface area contributed by atoms with Gasteiger partial charge in [0.25, 0.3) is 5.91 Å². The molecule has 0 saturated heterocycles. The first-order valence-corrected chi connectivity index (χ1v) is 6.55. The van der Waals surface area contributed by atoms with Crippen molar-refractivity contribution in [2.45, 2.75) is 20.0 Å². The number of aromatic nitrogens is 1. The van der Waals surface area contributed by atoms with Gasteiger partial charge in [-0.25, -0.2) is 10.5 Å². The highest BCUT2D eigenvalue weighted by Crippen LogP contribution is 2.34. The predicted octanol–water partition coefficient (Wildman–Crippen LogP) is 3.30. The molecule has 0 aromatic carbocycles. The highest BCUT2D eigenvalue weighted by molar-refractivity contribution is 7.20. The molecule has 8 heteroatoms. The summed E-state index contributed by atoms with van der Waals surface area (Å²) in [6, 6.07) is 2.24. The van der Waals surface area contributed by atoms with E-state index in [0.29, 0.717) is 22.4 Å². The topological polar surface area (TPSA) is 51.2 Å². The predicted molar refractivity (Wildman–Crippen MR) is 68.5 cm³/mol. The number of fused-ring (bicyclic) bond motifs is 1. The molecule has 20 heavy (non-hydrogen) atoms. The number of hydrogen-bond donors (Lipinski definition) is 1. The second kappa shape index (κ2) is 5.37. The Hall–Kier alpha value is -1.67. The monoisotopic (exact) mass is 304 g/mol. The zero-order valence-electron chi connectivity index (χ0n) is 10.7. The minimum atomic E-state index is -4.50. The average molecular weight is 304 g/mol. The second-order valence-corrected chi connectivity index (χ2v) is 4.97. The summed E-state index contributed by atoms with van der Waals surface area (Å²) in [6.07, 6.45) is -4.50. The van der Waals surface area contributed by atoms with Crippen LogP contribution in [0.25, 0.3) is 10.2 Å². The fourth-order valence-corrected chi connectivity index (χ4v) is 2.72. The first kappa shape index (κ1) is 14.7. The molecule has 0 unspecified atom stereocenters. The van der Waals surface area contributed by atoms with Crippen LogP contribution >= 0.6 is 11.3 Å². The molecule has 1 amide bonds. The number of rotatable bonds is 3. The lowest BCUT2D eigenvalue weighted by Gasteiger charge is -2.04. The van der Waals surface area contributed by atoms with Crippen LogP contribution in [0, 0.1) is 6.92 Å². The standard InChI is InChI=1S/C12H11F3N2O2S/c1-3-19-17-10(18)9-6(2)7-4-5-8(12(13,14)15)16-11(7)20-9/h4-5H,3H2,1-2H3,(H,17,18). The van der Waals surface area contributed by atoms with Gasteiger partial charge in [0, 0.05) is 5.39 Å². The van der Waals surface area contributed by atoms with Crippen molar-refractivity contribution >= 4 is 27.5 Å². The maximum Gasteiger partial charge on any atom is 0.433 e. The van der Waals surface area contributed by atoms with E-state index in [0.717, 1.165) is 17.4 Å². The third-order valence-electron chi connectivity index (χ3n) is 2.61. The molecular weight excluding hydrogens is 293 g/mol. The normalized spacial score (nSPS) is 11.8. The Morgan fingerprint density at radius 1 is 1.45 bits per heavy atom. The molecule has 2 aromatic rings. The van der Waals surface area contributed by atoms with Crippen molar-refractivity contribution in [1.29, 1.82) is 0 Å². The molecule has 0 fully saturated rings. The first-order chi connectivity index (χ1) is 9.34. The van der Waals surface area contributed by atoms with Crippen LogP contribution in [0.4, 0.5) is 13.2 Å². The van der Waals surface area contributed by atoms with E-state index in [1.54, 1.807) is 13.8 Å². The highest BCUT2D eigenvalue weighted by atomic mass is 32.1. The minimum Gasteiger partial charge on any atom is -0.274 e. The Bertz CT molecular complexity index is 652. The van der Waals surface area contributed by atoms with E-state index >= 15 is 0 Å². The van der Waals surface area contributed by atoms with E-state index < -0.39 is 17.8 Å². The molecule has 0 aliphatic rings. The number of nitrogens with one attached hydrogen (secondary N) is 1. The van der Waals surface area contributed by atoms with E-state index in [-0.39, 0.29) is 4.83 Å². The van der Waals surface area contributed by atoms with Gasteiger partial charge in [0.2, 0.25) is 0 Å². The molecule has 0 saturated carbocycles. The number of nitrogens with zero attached hydrogens (tertiary/aromatic N) is 1. The van der Waals surface area contributed by atoms with Crippen molar-refractivity contribution < 1.29 is 22.8 Å². The molecule has 108 valence electrons. The summed E-state index contributed by atoms with van der Waals surface area (Å²) in [6.45, 7) is 3.66. The SMILES string of the molecule is CCONC(=O)c1sc2nc(C(F)(F)F)ccc2c1C. The molecule has 4 nitrogen and oxygen atoms in total. The summed E-state index contributed by atoms with van der Waals surface area (Å²) in [5.74, 6) is -0.485. The summed E-state index contributed by atoms with van der Waals surface area (Å²) >= 11 is 0.910. The summed E-state index contributed by atoms with van der Waals surface area (Å²) in [7, 11) is 0. The van der Waals surface area contributed by atoms with Crippen LogP contribution in [0.1, 0.15) is 27.9 Å². The lowest BCUT2D eigenvalue weighted by atomic mass is 10.2. The molecule has 1 N–H and O–H groups in total. The number of thiophene rings is 1. The highest BCUT2D eigenvalue weighted by Gasteiger charge is 2.33. The van der Waals surface area contributed by atoms with E-state index in [1.807, 2.05) is 0 Å². The van der Waals surface area contributed by atoms with Crippen molar-refractivity contribution in [2.24, 2.45) is 0 Å². The Balaban J connectivity index is 2.44. The summed E-state index contributed by atoms with van der Waals surface area (Å²) < 4.78 is 37.8. The Morgan fingerprint density at radius 2 is 2.15 bits per heavy atom. The van der Waals surface area contributed by atoms with Crippen LogP contribution in [0.5, 0.6) is 0 Å². The number of carbonyl (C=O) groups excluding carboxylic acids is 1. The van der Waals surface area contributed by atoms with Crippen molar-refractivity contribution in [1.82, 2.24) is 10.5 Å². The zero-order chi connectivity index (χ0) is 14.9. The van der Waals surface area contributed by atoms with Crippen LogP contribution < -0.4 is 5.48 Å². The first-order valence-electron chi connectivity index (χ1n) is 5.74. The van der Waals surface area contributed by atoms with Gasteiger partial charge in [0.05, 0.1) is 11.5 Å². The minimum absolute atomic E-state index is 0.180. The number of carbonyl (C=O) groups is 1. The van der Waals surface area contributed by atoms with E-state index in [9.17, 15) is 18.0 Å². The number of hydroxylamine groups is 1. The largest absolute Gasteiger partial charge is 0.433 e. The quantitative estimate of drug-likeness (QED) is 0.885. The van der Waals surface area contributed by atoms with Crippen LogP contribution in [-0.2, 0) is 11.0 Å². The summed E-state index contributed by atoms with van der Waals surface area (Å²) in [5, 5.41) is 0.532. The van der Waals surface area contributed by atoms with Crippen LogP contribution in [0.3, 0.4) is 0 Å². The Morgan fingerprint density at radius 3 is 2.75 bits per heavy atom. The maximum atomic E-state index is 12.6. The third kappa shape index (κ3) is 2.75. The molecule has 0 bridgehead atoms. The van der Waals surface area contributed by atoms with Gasteiger partial charge >= 0.3 is 6.18 Å². The van der Waals surface area contributed by atoms with Gasteiger partial charge in [-0.15, -0.1) is 11.3 Å². The smallest absolute Gasteiger partial charge is 0.274 e. The fourth-order valence-electron chi connectivity index (χ4n) is 1.66. The summed E-state index contributed by atoms with van der Waals surface area (Å²) in [4.78, 5) is 20.6. The number of halogens is 3. The molecular formula is C12H11F3N2O2S. The van der Waals surface area contributed by atoms with Gasteiger partial charge in [-0.3, -0.25) is 9.63 Å². The number of amides is 1. The van der Waals surface area contributed by atoms with Gasteiger partial charge in [-0.1, -0.05) is 0 Å². The van der Waals surface area contributed by atoms with Crippen molar-refractivity contribution in [3.8, 4) is 0 Å². The molecule has 2 rings (SSSR count). The van der Waals surface area contributed by atoms with Gasteiger partial charge in [-0.2, -0.15) is 13.2 Å². The molecule has 2 aromatic heterocycles. The van der Waals surface area contributed by atoms with E-state index in [2.05, 4.69) is 10.5 Å². The third-order valence-corrected chi connectivity index (χ3v) is 3.81. The lowest BCUT2D eigenvalue weighted by molar-refractivity contribution is -0.140. The Kier molecular flexibility index (Phi) is 3.96. The number of aryl methyl sites for hydroxylation is 1. The molecule has 0 aliphatic carbocycles. The number of pyridine rings is 1. The number of alkyl halides is 3. The second-order valence-electron chi connectivity index (χ2n) is 3.97. The molecule has 0 aliphatic heterocycles. The zero-order valence-corrected chi connectivity index (χ0v) is 11.5. The lowest BCUT2D eigenvalue weighted by Crippen LogP contribution is -2.23. The Labute approximate surface area is 116 Å². The molecule has 0 radical (unpaired) electrons. The van der Waals surface area contributed by atoms with Gasteiger partial charge in [0.15, 0.2) is 0 Å². The van der Waals surface area contributed by atoms with Gasteiger partial charge in [-0.05, 0) is 31.5 Å². The molecule has 2 heterocycles. The van der Waals surface area contributed by atoms with Crippen LogP contribution in [0.15, 0.2) is 12.1 Å². The summed E-state index contributed by atoms with van der Waals surface area (Å²) in [5.41, 5.74) is 1.83. The number of hydrogen-bond acceptors (Lipinski definition) is 4. The molecule has 0 spiro atoms. The van der Waals surface area contributed by atoms with E-state index in [1.165, 1.54) is 6.07 Å². The van der Waals surface area contributed by atoms with Crippen molar-refractivity contribution in [3.63, 3.8) is 0 Å².